The van der Waals surface area contributed by atoms with E-state index in [1.54, 1.807) is 25.2 Å². The number of para-hydroxylation sites is 1. The van der Waals surface area contributed by atoms with E-state index in [1.807, 2.05) is 62.4 Å². The summed E-state index contributed by atoms with van der Waals surface area (Å²) in [6, 6.07) is 23.1. The molecule has 286 valence electrons. The average Bonchev–Trinajstić information content (AvgIpc) is 3.33. The molecule has 4 atom stereocenters. The van der Waals surface area contributed by atoms with Gasteiger partial charge in [0.25, 0.3) is 5.91 Å². The Labute approximate surface area is 315 Å². The fourth-order valence-electron chi connectivity index (χ4n) is 7.09. The monoisotopic (exact) mass is 726 g/mol. The van der Waals surface area contributed by atoms with E-state index in [-0.39, 0.29) is 37.1 Å². The van der Waals surface area contributed by atoms with Crippen molar-refractivity contribution in [3.8, 4) is 5.75 Å². The van der Waals surface area contributed by atoms with Crippen LogP contribution in [0.25, 0.3) is 0 Å². The van der Waals surface area contributed by atoms with Gasteiger partial charge in [0.2, 0.25) is 5.91 Å². The van der Waals surface area contributed by atoms with Crippen LogP contribution in [0, 0.1) is 5.92 Å². The molecular formula is C43H58N4O6. The fraction of sp³-hybridized carbons (Fsp3) is 0.465. The summed E-state index contributed by atoms with van der Waals surface area (Å²) in [5.74, 6) is -0.251. The van der Waals surface area contributed by atoms with Crippen LogP contribution in [0.1, 0.15) is 106 Å². The predicted molar refractivity (Wildman–Crippen MR) is 208 cm³/mol. The summed E-state index contributed by atoms with van der Waals surface area (Å²) in [4.78, 5) is 45.1. The summed E-state index contributed by atoms with van der Waals surface area (Å²) in [6.07, 6.45) is 11.6. The zero-order valence-electron chi connectivity index (χ0n) is 31.6. The number of hydrogen-bond donors (Lipinski definition) is 5. The summed E-state index contributed by atoms with van der Waals surface area (Å²) in [6.45, 7) is 7.56. The molecule has 0 saturated heterocycles. The largest absolute Gasteiger partial charge is 0.445 e. The number of carbonyl (C=O) groups excluding carboxylic acids is 3. The smallest absolute Gasteiger partial charge is 0.407 e. The number of amides is 3. The lowest BCUT2D eigenvalue weighted by Gasteiger charge is -2.32. The number of nitrogens with one attached hydrogen (secondary N) is 4. The van der Waals surface area contributed by atoms with Crippen LogP contribution in [-0.2, 0) is 19.9 Å². The Hall–Kier alpha value is -4.67. The van der Waals surface area contributed by atoms with Gasteiger partial charge in [-0.3, -0.25) is 9.59 Å². The lowest BCUT2D eigenvalue weighted by atomic mass is 9.79. The van der Waals surface area contributed by atoms with Gasteiger partial charge in [0.15, 0.2) is 5.75 Å². The number of ether oxygens (including phenoxy) is 1. The number of likely N-dealkylation sites (N-methyl/N-ethyl adjacent to an activating group) is 1. The summed E-state index contributed by atoms with van der Waals surface area (Å²) in [5, 5.41) is 21.3. The lowest BCUT2D eigenvalue weighted by Crippen LogP contribution is -2.55. The van der Waals surface area contributed by atoms with Crippen molar-refractivity contribution in [1.82, 2.24) is 21.4 Å². The molecule has 4 rings (SSSR count). The number of benzene rings is 3. The summed E-state index contributed by atoms with van der Waals surface area (Å²) in [5.41, 5.74) is 3.92. The molecule has 4 unspecified atom stereocenters. The molecule has 0 aromatic heterocycles. The Morgan fingerprint density at radius 2 is 1.51 bits per heavy atom. The van der Waals surface area contributed by atoms with Crippen molar-refractivity contribution in [3.05, 3.63) is 114 Å². The Morgan fingerprint density at radius 1 is 0.887 bits per heavy atom. The van der Waals surface area contributed by atoms with Gasteiger partial charge in [0, 0.05) is 12.1 Å². The highest BCUT2D eigenvalue weighted by Gasteiger charge is 2.37. The third-order valence-electron chi connectivity index (χ3n) is 10.4. The molecule has 3 amide bonds. The van der Waals surface area contributed by atoms with E-state index in [9.17, 15) is 19.5 Å². The minimum atomic E-state index is -1.63. The maximum Gasteiger partial charge on any atom is 0.407 e. The van der Waals surface area contributed by atoms with E-state index >= 15 is 0 Å². The molecule has 10 nitrogen and oxygen atoms in total. The Bertz CT molecular complexity index is 1590. The van der Waals surface area contributed by atoms with Gasteiger partial charge in [-0.15, -0.1) is 0 Å². The molecule has 5 N–H and O–H groups in total. The van der Waals surface area contributed by atoms with E-state index < -0.39 is 29.7 Å². The van der Waals surface area contributed by atoms with Gasteiger partial charge in [-0.25, -0.2) is 4.79 Å². The summed E-state index contributed by atoms with van der Waals surface area (Å²) in [7, 11) is 1.70. The van der Waals surface area contributed by atoms with Crippen molar-refractivity contribution in [3.63, 3.8) is 0 Å². The van der Waals surface area contributed by atoms with Gasteiger partial charge in [0.05, 0.1) is 6.04 Å². The maximum absolute atomic E-state index is 13.7. The Morgan fingerprint density at radius 3 is 2.15 bits per heavy atom. The first-order valence-electron chi connectivity index (χ1n) is 19.2. The molecule has 53 heavy (non-hydrogen) atoms. The zero-order valence-corrected chi connectivity index (χ0v) is 31.6. The van der Waals surface area contributed by atoms with Crippen molar-refractivity contribution < 1.29 is 29.1 Å². The number of carbonyl (C=O) groups is 3. The molecule has 1 aliphatic rings. The minimum Gasteiger partial charge on any atom is -0.445 e. The highest BCUT2D eigenvalue weighted by Crippen LogP contribution is 2.42. The molecule has 0 heterocycles. The summed E-state index contributed by atoms with van der Waals surface area (Å²) < 4.78 is 4.98. The molecule has 3 aromatic carbocycles. The molecule has 1 aliphatic carbocycles. The fourth-order valence-corrected chi connectivity index (χ4v) is 7.09. The average molecular weight is 727 g/mol. The van der Waals surface area contributed by atoms with E-state index in [4.69, 9.17) is 9.57 Å². The van der Waals surface area contributed by atoms with Crippen molar-refractivity contribution in [1.29, 1.82) is 0 Å². The second kappa shape index (κ2) is 21.1. The number of rotatable bonds is 17. The lowest BCUT2D eigenvalue weighted by molar-refractivity contribution is -0.134. The van der Waals surface area contributed by atoms with Crippen LogP contribution in [0.2, 0.25) is 0 Å². The molecule has 0 spiro atoms. The van der Waals surface area contributed by atoms with Crippen molar-refractivity contribution >= 4 is 17.9 Å². The predicted octanol–water partition coefficient (Wildman–Crippen LogP) is 7.02. The SMILES string of the molecule is C=CCOC(=O)NCCC(NC(=O)C(NC)C(C)CC)C(=O)NOc1ccccc1C(O)(c1ccccc1)c1ccc(C2CCCCCCCC2)cc1. The molecule has 10 heteroatoms. The van der Waals surface area contributed by atoms with Crippen LogP contribution in [0.3, 0.4) is 0 Å². The highest BCUT2D eigenvalue weighted by molar-refractivity contribution is 5.89. The molecule has 0 aliphatic heterocycles. The van der Waals surface area contributed by atoms with Gasteiger partial charge in [-0.2, -0.15) is 5.48 Å². The number of alkyl carbamates (subject to hydrolysis) is 1. The van der Waals surface area contributed by atoms with Crippen molar-refractivity contribution in [2.24, 2.45) is 5.92 Å². The molecular weight excluding hydrogens is 668 g/mol. The van der Waals surface area contributed by atoms with E-state index in [0.29, 0.717) is 22.6 Å². The van der Waals surface area contributed by atoms with E-state index in [2.05, 4.69) is 40.1 Å². The van der Waals surface area contributed by atoms with E-state index in [0.717, 1.165) is 6.42 Å². The topological polar surface area (TPSA) is 138 Å². The zero-order chi connectivity index (χ0) is 38.1. The van der Waals surface area contributed by atoms with Crippen LogP contribution < -0.4 is 26.3 Å². The van der Waals surface area contributed by atoms with Gasteiger partial charge in [-0.05, 0) is 60.9 Å². The van der Waals surface area contributed by atoms with Crippen LogP contribution >= 0.6 is 0 Å². The second-order valence-electron chi connectivity index (χ2n) is 14.0. The maximum atomic E-state index is 13.7. The van der Waals surface area contributed by atoms with Gasteiger partial charge >= 0.3 is 6.09 Å². The normalized spacial score (nSPS) is 16.6. The standard InChI is InChI=1S/C43H58N4O6/c1-5-30-52-42(50)45-29-28-37(46-41(49)39(44-4)31(3)6-2)40(48)47-53-38-23-17-16-22-36(38)43(51,34-20-14-11-15-21-34)35-26-24-33(25-27-35)32-18-12-9-7-8-10-13-19-32/h5,11,14-17,20-27,31-32,37,39,44,51H,1,6-10,12-13,18-19,28-30H2,2-4H3,(H,45,50)(H,46,49)(H,47,48). The van der Waals surface area contributed by atoms with Gasteiger partial charge in [0.1, 0.15) is 18.2 Å². The third-order valence-corrected chi connectivity index (χ3v) is 10.4. The molecule has 0 radical (unpaired) electrons. The first-order chi connectivity index (χ1) is 25.7. The highest BCUT2D eigenvalue weighted by atomic mass is 16.7. The quantitative estimate of drug-likeness (QED) is 0.0573. The van der Waals surface area contributed by atoms with E-state index in [1.165, 1.54) is 63.0 Å². The van der Waals surface area contributed by atoms with Gasteiger partial charge in [-0.1, -0.05) is 144 Å². The second-order valence-corrected chi connectivity index (χ2v) is 14.0. The van der Waals surface area contributed by atoms with Crippen LogP contribution in [0.15, 0.2) is 91.5 Å². The van der Waals surface area contributed by atoms with Gasteiger partial charge < -0.3 is 30.6 Å². The van der Waals surface area contributed by atoms with Crippen molar-refractivity contribution in [2.75, 3.05) is 20.2 Å². The number of hydroxylamine groups is 1. The molecule has 0 bridgehead atoms. The third kappa shape index (κ3) is 11.4. The Balaban J connectivity index is 1.59. The first-order valence-corrected chi connectivity index (χ1v) is 19.2. The minimum absolute atomic E-state index is 0.00448. The van der Waals surface area contributed by atoms with Crippen LogP contribution in [-0.4, -0.2) is 55.3 Å². The molecule has 3 aromatic rings. The van der Waals surface area contributed by atoms with Crippen LogP contribution in [0.5, 0.6) is 5.75 Å². The number of hydrogen-bond acceptors (Lipinski definition) is 7. The Kier molecular flexibility index (Phi) is 16.4. The molecule has 1 fully saturated rings. The first kappa shape index (κ1) is 41.1. The van der Waals surface area contributed by atoms with Crippen LogP contribution in [0.4, 0.5) is 4.79 Å². The summed E-state index contributed by atoms with van der Waals surface area (Å²) >= 11 is 0. The molecule has 1 saturated carbocycles. The number of aliphatic hydroxyl groups is 1. The van der Waals surface area contributed by atoms with Crippen molar-refractivity contribution in [2.45, 2.75) is 102 Å².